The second kappa shape index (κ2) is 10.5. The normalized spacial score (nSPS) is 22.3. The predicted octanol–water partition coefficient (Wildman–Crippen LogP) is 3.71. The lowest BCUT2D eigenvalue weighted by atomic mass is 10.0. The molecule has 0 amide bonds. The molecule has 2 fully saturated rings. The van der Waals surface area contributed by atoms with Gasteiger partial charge in [0.05, 0.1) is 0 Å². The first kappa shape index (κ1) is 21.5. The van der Waals surface area contributed by atoms with Gasteiger partial charge in [-0.15, -0.1) is 24.0 Å². The van der Waals surface area contributed by atoms with Gasteiger partial charge < -0.3 is 15.1 Å². The SMILES string of the molecule is CN=C(NCC(C)c1ccc(C)cc1)N1CCC(CN2CCCC2)C1.I. The first-order chi connectivity index (χ1) is 12.2. The van der Waals surface area contributed by atoms with Gasteiger partial charge in [-0.25, -0.2) is 0 Å². The summed E-state index contributed by atoms with van der Waals surface area (Å²) in [7, 11) is 1.91. The van der Waals surface area contributed by atoms with Crippen LogP contribution in [-0.4, -0.2) is 62.1 Å². The molecule has 146 valence electrons. The summed E-state index contributed by atoms with van der Waals surface area (Å²) in [4.78, 5) is 9.62. The van der Waals surface area contributed by atoms with E-state index in [0.717, 1.165) is 31.5 Å². The van der Waals surface area contributed by atoms with E-state index < -0.39 is 0 Å². The Morgan fingerprint density at radius 2 is 1.88 bits per heavy atom. The van der Waals surface area contributed by atoms with Gasteiger partial charge in [0.2, 0.25) is 0 Å². The average molecular weight is 470 g/mol. The first-order valence-corrected chi connectivity index (χ1v) is 9.90. The van der Waals surface area contributed by atoms with Crippen LogP contribution in [0.2, 0.25) is 0 Å². The van der Waals surface area contributed by atoms with Crippen LogP contribution in [0.5, 0.6) is 0 Å². The van der Waals surface area contributed by atoms with Crippen molar-refractivity contribution >= 4 is 29.9 Å². The quantitative estimate of drug-likeness (QED) is 0.405. The number of nitrogens with zero attached hydrogens (tertiary/aromatic N) is 3. The van der Waals surface area contributed by atoms with Gasteiger partial charge in [-0.3, -0.25) is 4.99 Å². The molecule has 2 saturated heterocycles. The largest absolute Gasteiger partial charge is 0.356 e. The van der Waals surface area contributed by atoms with Gasteiger partial charge in [0.1, 0.15) is 0 Å². The summed E-state index contributed by atoms with van der Waals surface area (Å²) in [6.07, 6.45) is 4.07. The lowest BCUT2D eigenvalue weighted by molar-refractivity contribution is 0.281. The zero-order valence-corrected chi connectivity index (χ0v) is 18.9. The number of guanidine groups is 1. The van der Waals surface area contributed by atoms with E-state index in [1.165, 1.54) is 50.0 Å². The predicted molar refractivity (Wildman–Crippen MR) is 122 cm³/mol. The molecule has 1 aromatic rings. The summed E-state index contributed by atoms with van der Waals surface area (Å²) >= 11 is 0. The number of likely N-dealkylation sites (tertiary alicyclic amines) is 2. The molecule has 4 nitrogen and oxygen atoms in total. The van der Waals surface area contributed by atoms with Gasteiger partial charge in [-0.1, -0.05) is 36.8 Å². The Balaban J connectivity index is 0.00000243. The molecule has 2 aliphatic heterocycles. The van der Waals surface area contributed by atoms with Crippen molar-refractivity contribution in [3.8, 4) is 0 Å². The minimum absolute atomic E-state index is 0. The molecule has 2 heterocycles. The summed E-state index contributed by atoms with van der Waals surface area (Å²) < 4.78 is 0. The molecular formula is C21H35IN4. The molecule has 0 saturated carbocycles. The minimum atomic E-state index is 0. The van der Waals surface area contributed by atoms with E-state index in [9.17, 15) is 0 Å². The Labute approximate surface area is 176 Å². The van der Waals surface area contributed by atoms with Crippen LogP contribution in [0.15, 0.2) is 29.3 Å². The van der Waals surface area contributed by atoms with Gasteiger partial charge in [-0.2, -0.15) is 0 Å². The summed E-state index contributed by atoms with van der Waals surface area (Å²) in [6, 6.07) is 8.88. The van der Waals surface area contributed by atoms with E-state index in [0.29, 0.717) is 5.92 Å². The van der Waals surface area contributed by atoms with Gasteiger partial charge in [-0.05, 0) is 56.7 Å². The van der Waals surface area contributed by atoms with Crippen LogP contribution < -0.4 is 5.32 Å². The number of hydrogen-bond acceptors (Lipinski definition) is 2. The Kier molecular flexibility index (Phi) is 8.67. The monoisotopic (exact) mass is 470 g/mol. The zero-order valence-electron chi connectivity index (χ0n) is 16.6. The summed E-state index contributed by atoms with van der Waals surface area (Å²) in [5.74, 6) is 2.36. The maximum Gasteiger partial charge on any atom is 0.193 e. The van der Waals surface area contributed by atoms with Crippen molar-refractivity contribution in [2.75, 3.05) is 46.3 Å². The molecule has 5 heteroatoms. The van der Waals surface area contributed by atoms with Gasteiger partial charge in [0.25, 0.3) is 0 Å². The highest BCUT2D eigenvalue weighted by Gasteiger charge is 2.27. The van der Waals surface area contributed by atoms with Crippen LogP contribution in [0.1, 0.15) is 43.2 Å². The molecule has 1 N–H and O–H groups in total. The highest BCUT2D eigenvalue weighted by Crippen LogP contribution is 2.20. The standard InChI is InChI=1S/C21H34N4.HI/c1-17-6-8-20(9-7-17)18(2)14-23-21(22-3)25-13-10-19(16-25)15-24-11-4-5-12-24;/h6-9,18-19H,4-5,10-16H2,1-3H3,(H,22,23);1H. The lowest BCUT2D eigenvalue weighted by Gasteiger charge is -2.24. The summed E-state index contributed by atoms with van der Waals surface area (Å²) in [6.45, 7) is 11.5. The fourth-order valence-corrected chi connectivity index (χ4v) is 4.09. The first-order valence-electron chi connectivity index (χ1n) is 9.90. The van der Waals surface area contributed by atoms with Crippen molar-refractivity contribution in [1.82, 2.24) is 15.1 Å². The lowest BCUT2D eigenvalue weighted by Crippen LogP contribution is -2.42. The molecule has 0 radical (unpaired) electrons. The molecule has 0 bridgehead atoms. The Hall–Kier alpha value is -0.820. The van der Waals surface area contributed by atoms with Crippen LogP contribution in [0.3, 0.4) is 0 Å². The van der Waals surface area contributed by atoms with E-state index in [1.807, 2.05) is 7.05 Å². The number of benzene rings is 1. The van der Waals surface area contributed by atoms with Crippen molar-refractivity contribution in [2.24, 2.45) is 10.9 Å². The van der Waals surface area contributed by atoms with E-state index in [-0.39, 0.29) is 24.0 Å². The number of aryl methyl sites for hydroxylation is 1. The smallest absolute Gasteiger partial charge is 0.193 e. The van der Waals surface area contributed by atoms with Crippen LogP contribution in [0, 0.1) is 12.8 Å². The van der Waals surface area contributed by atoms with Crippen LogP contribution in [0.4, 0.5) is 0 Å². The molecule has 0 aliphatic carbocycles. The number of rotatable bonds is 5. The molecular weight excluding hydrogens is 435 g/mol. The van der Waals surface area contributed by atoms with Gasteiger partial charge in [0.15, 0.2) is 5.96 Å². The fraction of sp³-hybridized carbons (Fsp3) is 0.667. The maximum atomic E-state index is 4.53. The highest BCUT2D eigenvalue weighted by molar-refractivity contribution is 14.0. The topological polar surface area (TPSA) is 30.9 Å². The molecule has 1 aromatic carbocycles. The number of hydrogen-bond donors (Lipinski definition) is 1. The molecule has 0 spiro atoms. The third kappa shape index (κ3) is 5.84. The van der Waals surface area contributed by atoms with Crippen molar-refractivity contribution < 1.29 is 0 Å². The van der Waals surface area contributed by atoms with E-state index >= 15 is 0 Å². The highest BCUT2D eigenvalue weighted by atomic mass is 127. The Morgan fingerprint density at radius 3 is 2.54 bits per heavy atom. The van der Waals surface area contributed by atoms with Crippen LogP contribution in [-0.2, 0) is 0 Å². The Morgan fingerprint density at radius 1 is 1.19 bits per heavy atom. The third-order valence-electron chi connectivity index (χ3n) is 5.73. The number of nitrogens with one attached hydrogen (secondary N) is 1. The second-order valence-corrected chi connectivity index (χ2v) is 7.85. The van der Waals surface area contributed by atoms with E-state index in [1.54, 1.807) is 0 Å². The summed E-state index contributed by atoms with van der Waals surface area (Å²) in [5, 5.41) is 3.60. The van der Waals surface area contributed by atoms with E-state index in [2.05, 4.69) is 58.2 Å². The van der Waals surface area contributed by atoms with Gasteiger partial charge >= 0.3 is 0 Å². The Bertz CT molecular complexity index is 566. The average Bonchev–Trinajstić information content (AvgIpc) is 3.29. The molecule has 2 aliphatic rings. The third-order valence-corrected chi connectivity index (χ3v) is 5.73. The van der Waals surface area contributed by atoms with Crippen molar-refractivity contribution in [3.05, 3.63) is 35.4 Å². The maximum absolute atomic E-state index is 4.53. The molecule has 2 atom stereocenters. The second-order valence-electron chi connectivity index (χ2n) is 7.85. The van der Waals surface area contributed by atoms with Crippen LogP contribution >= 0.6 is 24.0 Å². The molecule has 2 unspecified atom stereocenters. The molecule has 0 aromatic heterocycles. The minimum Gasteiger partial charge on any atom is -0.356 e. The molecule has 26 heavy (non-hydrogen) atoms. The number of halogens is 1. The number of aliphatic imine (C=N–C) groups is 1. The van der Waals surface area contributed by atoms with Crippen molar-refractivity contribution in [1.29, 1.82) is 0 Å². The fourth-order valence-electron chi connectivity index (χ4n) is 4.09. The molecule has 3 rings (SSSR count). The van der Waals surface area contributed by atoms with Crippen molar-refractivity contribution in [3.63, 3.8) is 0 Å². The zero-order chi connectivity index (χ0) is 17.6. The van der Waals surface area contributed by atoms with Crippen LogP contribution in [0.25, 0.3) is 0 Å². The van der Waals surface area contributed by atoms with Gasteiger partial charge in [0, 0.05) is 33.2 Å². The summed E-state index contributed by atoms with van der Waals surface area (Å²) in [5.41, 5.74) is 2.71. The van der Waals surface area contributed by atoms with E-state index in [4.69, 9.17) is 0 Å². The van der Waals surface area contributed by atoms with Crippen molar-refractivity contribution in [2.45, 2.75) is 39.0 Å².